The minimum atomic E-state index is -2.84. The Hall–Kier alpha value is -2.47. The predicted molar refractivity (Wildman–Crippen MR) is 160 cm³/mol. The monoisotopic (exact) mass is 541 g/mol. The van der Waals surface area contributed by atoms with Gasteiger partial charge in [-0.2, -0.15) is 0 Å². The van der Waals surface area contributed by atoms with Crippen LogP contribution < -0.4 is 9.47 Å². The van der Waals surface area contributed by atoms with Gasteiger partial charge in [0.15, 0.2) is 0 Å². The van der Waals surface area contributed by atoms with Gasteiger partial charge in [-0.3, -0.25) is 0 Å². The van der Waals surface area contributed by atoms with Crippen LogP contribution in [0.3, 0.4) is 0 Å². The van der Waals surface area contributed by atoms with E-state index in [4.69, 9.17) is 9.47 Å². The number of aromatic amines is 1. The third-order valence-electron chi connectivity index (χ3n) is 7.57. The van der Waals surface area contributed by atoms with Gasteiger partial charge in [-0.25, -0.2) is 8.42 Å². The first-order chi connectivity index (χ1) is 18.4. The van der Waals surface area contributed by atoms with Crippen molar-refractivity contribution in [2.75, 3.05) is 25.7 Å². The van der Waals surface area contributed by atoms with Crippen LogP contribution in [0.4, 0.5) is 0 Å². The van der Waals surface area contributed by atoms with E-state index in [1.807, 2.05) is 12.1 Å². The second-order valence-corrected chi connectivity index (χ2v) is 12.8. The summed E-state index contributed by atoms with van der Waals surface area (Å²) in [4.78, 5) is 3.63. The number of ether oxygens (including phenoxy) is 2. The molecule has 0 radical (unpaired) electrons. The number of methoxy groups -OCH3 is 2. The van der Waals surface area contributed by atoms with Crippen molar-refractivity contribution >= 4 is 20.7 Å². The Morgan fingerprint density at radius 3 is 1.95 bits per heavy atom. The van der Waals surface area contributed by atoms with Gasteiger partial charge < -0.3 is 14.5 Å². The number of aryl methyl sites for hydroxylation is 2. The normalized spacial score (nSPS) is 11.8. The van der Waals surface area contributed by atoms with E-state index < -0.39 is 9.84 Å². The lowest BCUT2D eigenvalue weighted by Crippen LogP contribution is -2.11. The second-order valence-electron chi connectivity index (χ2n) is 10.5. The van der Waals surface area contributed by atoms with E-state index in [9.17, 15) is 8.42 Å². The lowest BCUT2D eigenvalue weighted by atomic mass is 9.97. The van der Waals surface area contributed by atoms with Gasteiger partial charge >= 0.3 is 0 Å². The first-order valence-corrected chi connectivity index (χ1v) is 16.2. The highest BCUT2D eigenvalue weighted by Gasteiger charge is 2.16. The molecule has 2 aromatic carbocycles. The van der Waals surface area contributed by atoms with Gasteiger partial charge in [0.2, 0.25) is 0 Å². The number of nitrogens with one attached hydrogen (secondary N) is 1. The summed E-state index contributed by atoms with van der Waals surface area (Å²) >= 11 is 0. The Morgan fingerprint density at radius 2 is 1.34 bits per heavy atom. The summed E-state index contributed by atoms with van der Waals surface area (Å²) in [7, 11) is 0.601. The van der Waals surface area contributed by atoms with E-state index >= 15 is 0 Å². The summed E-state index contributed by atoms with van der Waals surface area (Å²) in [6.45, 7) is 4.30. The van der Waals surface area contributed by atoms with Crippen LogP contribution >= 0.6 is 0 Å². The Labute approximate surface area is 230 Å². The SMILES string of the molecule is CCCCCS(=O)(=O)CCCCCCCCCCc1c(OC)ccc2[nH]c(-c3ccc(OC)cc3)c(C)c12. The van der Waals surface area contributed by atoms with Crippen LogP contribution in [-0.4, -0.2) is 39.1 Å². The molecule has 0 saturated heterocycles. The van der Waals surface area contributed by atoms with E-state index in [0.29, 0.717) is 11.5 Å². The highest BCUT2D eigenvalue weighted by molar-refractivity contribution is 7.91. The van der Waals surface area contributed by atoms with Gasteiger partial charge in [0.1, 0.15) is 21.3 Å². The molecule has 0 bridgehead atoms. The molecule has 0 saturated carbocycles. The zero-order valence-electron chi connectivity index (χ0n) is 23.9. The highest BCUT2D eigenvalue weighted by Crippen LogP contribution is 2.37. The molecule has 0 amide bonds. The third kappa shape index (κ3) is 8.52. The lowest BCUT2D eigenvalue weighted by Gasteiger charge is -2.11. The van der Waals surface area contributed by atoms with Crippen molar-refractivity contribution in [3.8, 4) is 22.8 Å². The van der Waals surface area contributed by atoms with Crippen LogP contribution in [0.25, 0.3) is 22.2 Å². The Kier molecular flexibility index (Phi) is 12.0. The van der Waals surface area contributed by atoms with Gasteiger partial charge in [-0.05, 0) is 80.1 Å². The summed E-state index contributed by atoms with van der Waals surface area (Å²) < 4.78 is 35.2. The van der Waals surface area contributed by atoms with E-state index in [-0.39, 0.29) is 0 Å². The molecule has 0 aliphatic rings. The van der Waals surface area contributed by atoms with Crippen LogP contribution in [0.15, 0.2) is 36.4 Å². The standard InChI is InChI=1S/C32H47NO4S/c1-5-6-14-23-38(34,35)24-15-12-10-8-7-9-11-13-16-28-30(37-4)22-21-29-31(28)25(2)32(33-29)26-17-19-27(36-3)20-18-26/h17-22,33H,5-16,23-24H2,1-4H3. The van der Waals surface area contributed by atoms with Gasteiger partial charge in [-0.15, -0.1) is 0 Å². The minimum absolute atomic E-state index is 0.364. The molecule has 0 spiro atoms. The molecule has 1 heterocycles. The van der Waals surface area contributed by atoms with Crippen molar-refractivity contribution in [2.24, 2.45) is 0 Å². The van der Waals surface area contributed by atoms with Crippen molar-refractivity contribution in [1.29, 1.82) is 0 Å². The highest BCUT2D eigenvalue weighted by atomic mass is 32.2. The molecule has 0 aliphatic heterocycles. The van der Waals surface area contributed by atoms with Crippen LogP contribution in [0.5, 0.6) is 11.5 Å². The molecule has 0 aliphatic carbocycles. The largest absolute Gasteiger partial charge is 0.497 e. The Bertz CT molecular complexity index is 1230. The molecule has 1 aromatic heterocycles. The zero-order valence-corrected chi connectivity index (χ0v) is 24.7. The Balaban J connectivity index is 1.46. The van der Waals surface area contributed by atoms with Gasteiger partial charge in [0.25, 0.3) is 0 Å². The van der Waals surface area contributed by atoms with Crippen LogP contribution in [0.1, 0.15) is 88.7 Å². The molecule has 3 aromatic rings. The molecular formula is C32H47NO4S. The molecule has 6 heteroatoms. The maximum Gasteiger partial charge on any atom is 0.150 e. The van der Waals surface area contributed by atoms with Crippen molar-refractivity contribution in [1.82, 2.24) is 4.98 Å². The molecule has 0 unspecified atom stereocenters. The zero-order chi connectivity index (χ0) is 27.4. The summed E-state index contributed by atoms with van der Waals surface area (Å²) in [5, 5.41) is 1.28. The maximum atomic E-state index is 12.1. The van der Waals surface area contributed by atoms with E-state index in [0.717, 1.165) is 79.6 Å². The van der Waals surface area contributed by atoms with Crippen molar-refractivity contribution < 1.29 is 17.9 Å². The van der Waals surface area contributed by atoms with Gasteiger partial charge in [-0.1, -0.05) is 58.3 Å². The van der Waals surface area contributed by atoms with Crippen molar-refractivity contribution in [2.45, 2.75) is 90.9 Å². The van der Waals surface area contributed by atoms with Crippen molar-refractivity contribution in [3.63, 3.8) is 0 Å². The molecule has 210 valence electrons. The molecule has 5 nitrogen and oxygen atoms in total. The Morgan fingerprint density at radius 1 is 0.737 bits per heavy atom. The number of benzene rings is 2. The first-order valence-electron chi connectivity index (χ1n) is 14.4. The number of H-pyrrole nitrogens is 1. The number of aromatic nitrogens is 1. The second kappa shape index (κ2) is 15.2. The summed E-state index contributed by atoms with van der Waals surface area (Å²) in [5.74, 6) is 2.55. The van der Waals surface area contributed by atoms with E-state index in [1.165, 1.54) is 42.2 Å². The molecule has 3 rings (SSSR count). The number of hydrogen-bond acceptors (Lipinski definition) is 4. The molecule has 1 N–H and O–H groups in total. The number of unbranched alkanes of at least 4 members (excludes halogenated alkanes) is 9. The number of sulfone groups is 1. The smallest absolute Gasteiger partial charge is 0.150 e. The average molecular weight is 542 g/mol. The average Bonchev–Trinajstić information content (AvgIpc) is 3.26. The quantitative estimate of drug-likeness (QED) is 0.164. The summed E-state index contributed by atoms with van der Waals surface area (Å²) in [5.41, 5.74) is 5.99. The lowest BCUT2D eigenvalue weighted by molar-refractivity contribution is 0.409. The van der Waals surface area contributed by atoms with Gasteiger partial charge in [0, 0.05) is 22.2 Å². The number of rotatable bonds is 18. The van der Waals surface area contributed by atoms with E-state index in [2.05, 4.69) is 43.1 Å². The fraction of sp³-hybridized carbons (Fsp3) is 0.562. The fourth-order valence-electron chi connectivity index (χ4n) is 5.36. The third-order valence-corrected chi connectivity index (χ3v) is 9.39. The molecule has 0 atom stereocenters. The van der Waals surface area contributed by atoms with Crippen molar-refractivity contribution in [3.05, 3.63) is 47.5 Å². The molecule has 0 fully saturated rings. The molecular weight excluding hydrogens is 494 g/mol. The maximum absolute atomic E-state index is 12.1. The fourth-order valence-corrected chi connectivity index (χ4v) is 6.85. The topological polar surface area (TPSA) is 68.4 Å². The molecule has 38 heavy (non-hydrogen) atoms. The van der Waals surface area contributed by atoms with Gasteiger partial charge in [0.05, 0.1) is 25.7 Å². The summed E-state index contributed by atoms with van der Waals surface area (Å²) in [6.07, 6.45) is 12.8. The predicted octanol–water partition coefficient (Wildman–Crippen LogP) is 8.43. The van der Waals surface area contributed by atoms with Crippen LogP contribution in [-0.2, 0) is 16.3 Å². The first kappa shape index (κ1) is 30.1. The number of hydrogen-bond donors (Lipinski definition) is 1. The van der Waals surface area contributed by atoms with E-state index in [1.54, 1.807) is 14.2 Å². The minimum Gasteiger partial charge on any atom is -0.497 e. The van der Waals surface area contributed by atoms with Crippen LogP contribution in [0, 0.1) is 6.92 Å². The van der Waals surface area contributed by atoms with Crippen LogP contribution in [0.2, 0.25) is 0 Å². The summed E-state index contributed by atoms with van der Waals surface area (Å²) in [6, 6.07) is 12.4. The number of fused-ring (bicyclic) bond motifs is 1.